The van der Waals surface area contributed by atoms with E-state index in [1.54, 1.807) is 0 Å². The van der Waals surface area contributed by atoms with Gasteiger partial charge in [0.05, 0.1) is 6.54 Å². The van der Waals surface area contributed by atoms with Crippen LogP contribution >= 0.6 is 0 Å². The van der Waals surface area contributed by atoms with Crippen LogP contribution in [0.1, 0.15) is 6.42 Å². The third kappa shape index (κ3) is 8.88. The van der Waals surface area contributed by atoms with Crippen LogP contribution in [-0.4, -0.2) is 44.5 Å². The fourth-order valence-electron chi connectivity index (χ4n) is 0.850. The van der Waals surface area contributed by atoms with E-state index in [0.717, 1.165) is 19.5 Å². The van der Waals surface area contributed by atoms with Gasteiger partial charge in [0.25, 0.3) is 0 Å². The maximum Gasteiger partial charge on any atom is 0.239 e. The summed E-state index contributed by atoms with van der Waals surface area (Å²) in [4.78, 5) is 13.1. The first-order chi connectivity index (χ1) is 6.16. The standard InChI is InChI=1S/C9H19N3O/c1-4-10-8-9(13)11-6-5-7-12(2)3/h4,10H,1,5-8H2,2-3H3,(H,11,13). The van der Waals surface area contributed by atoms with Crippen molar-refractivity contribution >= 4 is 5.91 Å². The zero-order chi connectivity index (χ0) is 10.1. The summed E-state index contributed by atoms with van der Waals surface area (Å²) in [6.07, 6.45) is 2.49. The van der Waals surface area contributed by atoms with Crippen molar-refractivity contribution in [2.75, 3.05) is 33.7 Å². The van der Waals surface area contributed by atoms with E-state index in [4.69, 9.17) is 0 Å². The van der Waals surface area contributed by atoms with E-state index in [0.29, 0.717) is 6.54 Å². The Hall–Kier alpha value is -1.03. The molecule has 0 bridgehead atoms. The molecule has 76 valence electrons. The summed E-state index contributed by atoms with van der Waals surface area (Å²) in [5.41, 5.74) is 0. The normalized spacial score (nSPS) is 9.77. The van der Waals surface area contributed by atoms with Gasteiger partial charge in [0.15, 0.2) is 0 Å². The molecule has 0 unspecified atom stereocenters. The van der Waals surface area contributed by atoms with Crippen LogP contribution in [0.15, 0.2) is 12.8 Å². The summed E-state index contributed by atoms with van der Waals surface area (Å²) in [5.74, 6) is 0.0126. The lowest BCUT2D eigenvalue weighted by atomic mass is 10.4. The highest BCUT2D eigenvalue weighted by atomic mass is 16.1. The largest absolute Gasteiger partial charge is 0.383 e. The van der Waals surface area contributed by atoms with Crippen molar-refractivity contribution in [2.45, 2.75) is 6.42 Å². The van der Waals surface area contributed by atoms with Gasteiger partial charge in [-0.2, -0.15) is 0 Å². The number of carbonyl (C=O) groups excluding carboxylic acids is 1. The Morgan fingerprint density at radius 2 is 2.23 bits per heavy atom. The van der Waals surface area contributed by atoms with Crippen molar-refractivity contribution < 1.29 is 4.79 Å². The second kappa shape index (κ2) is 7.61. The van der Waals surface area contributed by atoms with Crippen molar-refractivity contribution in [3.8, 4) is 0 Å². The topological polar surface area (TPSA) is 44.4 Å². The van der Waals surface area contributed by atoms with E-state index in [9.17, 15) is 4.79 Å². The predicted octanol–water partition coefficient (Wildman–Crippen LogP) is -0.213. The quantitative estimate of drug-likeness (QED) is 0.539. The monoisotopic (exact) mass is 185 g/mol. The van der Waals surface area contributed by atoms with E-state index in [-0.39, 0.29) is 5.91 Å². The van der Waals surface area contributed by atoms with Gasteiger partial charge in [-0.3, -0.25) is 4.79 Å². The van der Waals surface area contributed by atoms with Crippen LogP contribution in [0.3, 0.4) is 0 Å². The van der Waals surface area contributed by atoms with Gasteiger partial charge in [0, 0.05) is 6.54 Å². The Morgan fingerprint density at radius 3 is 2.77 bits per heavy atom. The van der Waals surface area contributed by atoms with E-state index in [1.807, 2.05) is 14.1 Å². The van der Waals surface area contributed by atoms with Gasteiger partial charge in [0.2, 0.25) is 5.91 Å². The number of amides is 1. The molecule has 2 N–H and O–H groups in total. The lowest BCUT2D eigenvalue weighted by Gasteiger charge is -2.09. The number of rotatable bonds is 7. The molecular weight excluding hydrogens is 166 g/mol. The Bertz CT molecular complexity index is 157. The third-order valence-electron chi connectivity index (χ3n) is 1.51. The van der Waals surface area contributed by atoms with Crippen LogP contribution in [-0.2, 0) is 4.79 Å². The fraction of sp³-hybridized carbons (Fsp3) is 0.667. The van der Waals surface area contributed by atoms with E-state index < -0.39 is 0 Å². The third-order valence-corrected chi connectivity index (χ3v) is 1.51. The van der Waals surface area contributed by atoms with Crippen molar-refractivity contribution in [3.63, 3.8) is 0 Å². The van der Waals surface area contributed by atoms with Gasteiger partial charge in [0.1, 0.15) is 0 Å². The molecule has 4 heteroatoms. The van der Waals surface area contributed by atoms with Crippen LogP contribution in [0.5, 0.6) is 0 Å². The lowest BCUT2D eigenvalue weighted by molar-refractivity contribution is -0.120. The summed E-state index contributed by atoms with van der Waals surface area (Å²) < 4.78 is 0. The van der Waals surface area contributed by atoms with E-state index in [1.165, 1.54) is 6.20 Å². The number of hydrogen-bond donors (Lipinski definition) is 2. The van der Waals surface area contributed by atoms with E-state index >= 15 is 0 Å². The maximum absolute atomic E-state index is 11.0. The highest BCUT2D eigenvalue weighted by molar-refractivity contribution is 5.78. The molecule has 0 aromatic rings. The average molecular weight is 185 g/mol. The van der Waals surface area contributed by atoms with Gasteiger partial charge in [-0.1, -0.05) is 6.58 Å². The highest BCUT2D eigenvalue weighted by Crippen LogP contribution is 1.80. The highest BCUT2D eigenvalue weighted by Gasteiger charge is 1.97. The molecule has 0 rings (SSSR count). The molecule has 0 saturated heterocycles. The summed E-state index contributed by atoms with van der Waals surface area (Å²) in [6.45, 7) is 5.49. The molecular formula is C9H19N3O. The minimum absolute atomic E-state index is 0.0126. The molecule has 0 atom stereocenters. The molecule has 13 heavy (non-hydrogen) atoms. The van der Waals surface area contributed by atoms with Gasteiger partial charge >= 0.3 is 0 Å². The summed E-state index contributed by atoms with van der Waals surface area (Å²) >= 11 is 0. The van der Waals surface area contributed by atoms with Gasteiger partial charge < -0.3 is 15.5 Å². The first kappa shape index (κ1) is 12.0. The summed E-state index contributed by atoms with van der Waals surface area (Å²) in [5, 5.41) is 5.54. The molecule has 0 aliphatic carbocycles. The number of hydrogen-bond acceptors (Lipinski definition) is 3. The van der Waals surface area contributed by atoms with Crippen LogP contribution in [0.4, 0.5) is 0 Å². The minimum Gasteiger partial charge on any atom is -0.383 e. The second-order valence-corrected chi connectivity index (χ2v) is 3.09. The van der Waals surface area contributed by atoms with Crippen molar-refractivity contribution in [3.05, 3.63) is 12.8 Å². The fourth-order valence-corrected chi connectivity index (χ4v) is 0.850. The molecule has 0 fully saturated rings. The maximum atomic E-state index is 11.0. The zero-order valence-corrected chi connectivity index (χ0v) is 8.47. The van der Waals surface area contributed by atoms with Crippen LogP contribution in [0, 0.1) is 0 Å². The number of nitrogens with zero attached hydrogens (tertiary/aromatic N) is 1. The molecule has 4 nitrogen and oxygen atoms in total. The summed E-state index contributed by atoms with van der Waals surface area (Å²) in [6, 6.07) is 0. The molecule has 0 saturated carbocycles. The molecule has 0 aliphatic rings. The van der Waals surface area contributed by atoms with Gasteiger partial charge in [-0.15, -0.1) is 0 Å². The summed E-state index contributed by atoms with van der Waals surface area (Å²) in [7, 11) is 4.03. The predicted molar refractivity (Wildman–Crippen MR) is 54.4 cm³/mol. The van der Waals surface area contributed by atoms with Crippen molar-refractivity contribution in [1.29, 1.82) is 0 Å². The molecule has 0 spiro atoms. The molecule has 0 aliphatic heterocycles. The Kier molecular flexibility index (Phi) is 7.01. The van der Waals surface area contributed by atoms with Gasteiger partial charge in [-0.25, -0.2) is 0 Å². The van der Waals surface area contributed by atoms with Gasteiger partial charge in [-0.05, 0) is 33.3 Å². The molecule has 0 radical (unpaired) electrons. The molecule has 0 aromatic heterocycles. The smallest absolute Gasteiger partial charge is 0.239 e. The van der Waals surface area contributed by atoms with E-state index in [2.05, 4.69) is 22.1 Å². The SMILES string of the molecule is C=CNCC(=O)NCCCN(C)C. The lowest BCUT2D eigenvalue weighted by Crippen LogP contribution is -2.33. The van der Waals surface area contributed by atoms with Crippen LogP contribution in [0.2, 0.25) is 0 Å². The van der Waals surface area contributed by atoms with Crippen molar-refractivity contribution in [1.82, 2.24) is 15.5 Å². The first-order valence-corrected chi connectivity index (χ1v) is 4.42. The zero-order valence-electron chi connectivity index (χ0n) is 8.47. The molecule has 0 heterocycles. The number of nitrogens with one attached hydrogen (secondary N) is 2. The Morgan fingerprint density at radius 1 is 1.54 bits per heavy atom. The Labute approximate surface area is 80.0 Å². The van der Waals surface area contributed by atoms with Crippen molar-refractivity contribution in [2.24, 2.45) is 0 Å². The Balaban J connectivity index is 3.21. The second-order valence-electron chi connectivity index (χ2n) is 3.09. The van der Waals surface area contributed by atoms with Crippen LogP contribution in [0.25, 0.3) is 0 Å². The average Bonchev–Trinajstić information content (AvgIpc) is 2.08. The number of carbonyl (C=O) groups is 1. The first-order valence-electron chi connectivity index (χ1n) is 4.42. The molecule has 1 amide bonds. The van der Waals surface area contributed by atoms with Crippen LogP contribution < -0.4 is 10.6 Å². The molecule has 0 aromatic carbocycles. The minimum atomic E-state index is 0.0126.